The first-order chi connectivity index (χ1) is 12.4. The number of hydrogen-bond acceptors (Lipinski definition) is 5. The van der Waals surface area contributed by atoms with Crippen LogP contribution < -0.4 is 5.32 Å². The molecular formula is C19H21FN4OS. The molecule has 0 saturated heterocycles. The van der Waals surface area contributed by atoms with Gasteiger partial charge in [0, 0.05) is 12.1 Å². The Kier molecular flexibility index (Phi) is 4.14. The highest BCUT2D eigenvalue weighted by Crippen LogP contribution is 2.45. The van der Waals surface area contributed by atoms with Gasteiger partial charge < -0.3 is 5.32 Å². The number of ketones is 1. The van der Waals surface area contributed by atoms with E-state index in [1.165, 1.54) is 12.1 Å². The molecule has 7 heteroatoms. The molecule has 2 atom stereocenters. The van der Waals surface area contributed by atoms with E-state index in [0.29, 0.717) is 17.5 Å². The molecule has 0 bridgehead atoms. The van der Waals surface area contributed by atoms with Crippen molar-refractivity contribution in [2.24, 2.45) is 11.3 Å². The van der Waals surface area contributed by atoms with Gasteiger partial charge in [-0.3, -0.25) is 4.79 Å². The van der Waals surface area contributed by atoms with Crippen molar-refractivity contribution in [2.45, 2.75) is 38.4 Å². The minimum absolute atomic E-state index is 0.139. The Labute approximate surface area is 156 Å². The number of rotatable bonds is 3. The standard InChI is InChI=1S/C19H21FN4OS/c1-4-26-18-22-17-21-13-9-19(2,3)10-14(25)15(13)16(24(17)23-18)11-6-5-7-12(20)8-11/h5-9,15-16H,4,10H2,1-3H3,(H,21,22,23)/t15-,16-/m1/s1. The fourth-order valence-electron chi connectivity index (χ4n) is 3.82. The molecule has 4 rings (SSSR count). The normalized spacial score (nSPS) is 23.7. The molecule has 136 valence electrons. The summed E-state index contributed by atoms with van der Waals surface area (Å²) in [5, 5.41) is 8.55. The average molecular weight is 372 g/mol. The van der Waals surface area contributed by atoms with Gasteiger partial charge in [0.2, 0.25) is 11.1 Å². The molecule has 0 spiro atoms. The van der Waals surface area contributed by atoms with Gasteiger partial charge in [-0.25, -0.2) is 9.07 Å². The van der Waals surface area contributed by atoms with Crippen LogP contribution in [0, 0.1) is 17.2 Å². The number of benzene rings is 1. The first kappa shape index (κ1) is 17.3. The molecule has 5 nitrogen and oxygen atoms in total. The van der Waals surface area contributed by atoms with Crippen molar-refractivity contribution in [3.63, 3.8) is 0 Å². The van der Waals surface area contributed by atoms with E-state index in [0.717, 1.165) is 17.0 Å². The lowest BCUT2D eigenvalue weighted by molar-refractivity contribution is -0.125. The summed E-state index contributed by atoms with van der Waals surface area (Å²) in [6, 6.07) is 6.02. The van der Waals surface area contributed by atoms with Crippen LogP contribution in [-0.2, 0) is 4.79 Å². The number of carbonyl (C=O) groups is 1. The van der Waals surface area contributed by atoms with Crippen LogP contribution in [0.25, 0.3) is 0 Å². The number of allylic oxidation sites excluding steroid dienone is 2. The van der Waals surface area contributed by atoms with E-state index in [-0.39, 0.29) is 17.0 Å². The van der Waals surface area contributed by atoms with E-state index in [4.69, 9.17) is 0 Å². The first-order valence-electron chi connectivity index (χ1n) is 8.75. The minimum atomic E-state index is -0.404. The number of Topliss-reactive ketones (excluding diaryl/α,β-unsaturated/α-hetero) is 1. The zero-order chi connectivity index (χ0) is 18.5. The van der Waals surface area contributed by atoms with Crippen molar-refractivity contribution >= 4 is 23.5 Å². The highest BCUT2D eigenvalue weighted by Gasteiger charge is 2.45. The molecule has 0 unspecified atom stereocenters. The number of carbonyl (C=O) groups excluding carboxylic acids is 1. The smallest absolute Gasteiger partial charge is 0.227 e. The summed E-state index contributed by atoms with van der Waals surface area (Å²) in [5.74, 6) is 0.869. The van der Waals surface area contributed by atoms with Crippen molar-refractivity contribution in [1.29, 1.82) is 0 Å². The summed E-state index contributed by atoms with van der Waals surface area (Å²) in [6.45, 7) is 6.13. The molecule has 1 aliphatic heterocycles. The van der Waals surface area contributed by atoms with E-state index in [9.17, 15) is 9.18 Å². The molecule has 26 heavy (non-hydrogen) atoms. The second kappa shape index (κ2) is 6.23. The van der Waals surface area contributed by atoms with Gasteiger partial charge >= 0.3 is 0 Å². The summed E-state index contributed by atoms with van der Waals surface area (Å²) >= 11 is 1.54. The van der Waals surface area contributed by atoms with Gasteiger partial charge in [-0.2, -0.15) is 4.98 Å². The van der Waals surface area contributed by atoms with Crippen LogP contribution in [0.15, 0.2) is 41.2 Å². The van der Waals surface area contributed by atoms with Gasteiger partial charge in [-0.05, 0) is 28.9 Å². The third-order valence-corrected chi connectivity index (χ3v) is 5.49. The highest BCUT2D eigenvalue weighted by atomic mass is 32.2. The Morgan fingerprint density at radius 2 is 2.23 bits per heavy atom. The van der Waals surface area contributed by atoms with E-state index in [1.54, 1.807) is 22.5 Å². The Morgan fingerprint density at radius 1 is 1.42 bits per heavy atom. The quantitative estimate of drug-likeness (QED) is 0.824. The summed E-state index contributed by atoms with van der Waals surface area (Å²) in [5.41, 5.74) is 1.36. The third kappa shape index (κ3) is 2.94. The molecule has 0 fully saturated rings. The number of nitrogens with zero attached hydrogens (tertiary/aromatic N) is 3. The van der Waals surface area contributed by atoms with E-state index in [2.05, 4.69) is 21.5 Å². The first-order valence-corrected chi connectivity index (χ1v) is 9.74. The fraction of sp³-hybridized carbons (Fsp3) is 0.421. The van der Waals surface area contributed by atoms with Crippen LogP contribution in [0.5, 0.6) is 0 Å². The van der Waals surface area contributed by atoms with Crippen molar-refractivity contribution < 1.29 is 9.18 Å². The lowest BCUT2D eigenvalue weighted by atomic mass is 9.72. The third-order valence-electron chi connectivity index (χ3n) is 4.77. The molecule has 0 radical (unpaired) electrons. The largest absolute Gasteiger partial charge is 0.328 e. The van der Waals surface area contributed by atoms with Gasteiger partial charge in [-0.1, -0.05) is 50.7 Å². The number of halogens is 1. The van der Waals surface area contributed by atoms with Gasteiger partial charge in [-0.15, -0.1) is 5.10 Å². The maximum atomic E-state index is 13.9. The minimum Gasteiger partial charge on any atom is -0.328 e. The molecule has 0 saturated carbocycles. The zero-order valence-electron chi connectivity index (χ0n) is 15.0. The summed E-state index contributed by atoms with van der Waals surface area (Å²) in [7, 11) is 0. The number of nitrogens with one attached hydrogen (secondary N) is 1. The van der Waals surface area contributed by atoms with E-state index < -0.39 is 12.0 Å². The Bertz CT molecular complexity index is 905. The second-order valence-corrected chi connectivity index (χ2v) is 8.66. The lowest BCUT2D eigenvalue weighted by Crippen LogP contribution is -2.42. The highest BCUT2D eigenvalue weighted by molar-refractivity contribution is 7.99. The van der Waals surface area contributed by atoms with Crippen LogP contribution in [-0.4, -0.2) is 26.3 Å². The monoisotopic (exact) mass is 372 g/mol. The van der Waals surface area contributed by atoms with Crippen molar-refractivity contribution in [3.05, 3.63) is 47.4 Å². The summed E-state index contributed by atoms with van der Waals surface area (Å²) in [4.78, 5) is 17.6. The molecule has 1 aromatic heterocycles. The second-order valence-electron chi connectivity index (χ2n) is 7.43. The fourth-order valence-corrected chi connectivity index (χ4v) is 4.38. The van der Waals surface area contributed by atoms with Crippen molar-refractivity contribution in [1.82, 2.24) is 14.8 Å². The molecular weight excluding hydrogens is 351 g/mol. The van der Waals surface area contributed by atoms with Crippen LogP contribution in [0.2, 0.25) is 0 Å². The molecule has 1 N–H and O–H groups in total. The van der Waals surface area contributed by atoms with Gasteiger partial charge in [0.1, 0.15) is 11.6 Å². The number of anilines is 1. The van der Waals surface area contributed by atoms with Crippen molar-refractivity contribution in [2.75, 3.05) is 11.1 Å². The van der Waals surface area contributed by atoms with Gasteiger partial charge in [0.15, 0.2) is 0 Å². The molecule has 2 aliphatic rings. The number of hydrogen-bond donors (Lipinski definition) is 1. The van der Waals surface area contributed by atoms with E-state index >= 15 is 0 Å². The molecule has 1 aliphatic carbocycles. The molecule has 1 aromatic carbocycles. The maximum Gasteiger partial charge on any atom is 0.227 e. The van der Waals surface area contributed by atoms with Crippen LogP contribution in [0.4, 0.5) is 10.3 Å². The number of fused-ring (bicyclic) bond motifs is 2. The zero-order valence-corrected chi connectivity index (χ0v) is 15.8. The van der Waals surface area contributed by atoms with Crippen LogP contribution in [0.1, 0.15) is 38.8 Å². The summed E-state index contributed by atoms with van der Waals surface area (Å²) < 4.78 is 15.6. The van der Waals surface area contributed by atoms with Gasteiger partial charge in [0.05, 0.1) is 12.0 Å². The number of aromatic nitrogens is 3. The lowest BCUT2D eigenvalue weighted by Gasteiger charge is -2.40. The number of thioether (sulfide) groups is 1. The Balaban J connectivity index is 1.90. The Morgan fingerprint density at radius 3 is 2.96 bits per heavy atom. The molecule has 2 aromatic rings. The summed E-state index contributed by atoms with van der Waals surface area (Å²) in [6.07, 6.45) is 2.56. The van der Waals surface area contributed by atoms with Crippen molar-refractivity contribution in [3.8, 4) is 0 Å². The average Bonchev–Trinajstić information content (AvgIpc) is 2.94. The SMILES string of the molecule is CCSc1nc2n(n1)[C@H](c1cccc(F)c1)[C@H]1C(=O)CC(C)(C)C=C1N2. The van der Waals surface area contributed by atoms with Gasteiger partial charge in [0.25, 0.3) is 0 Å². The molecule has 0 amide bonds. The molecule has 2 heterocycles. The Hall–Kier alpha value is -2.15. The van der Waals surface area contributed by atoms with E-state index in [1.807, 2.05) is 26.8 Å². The van der Waals surface area contributed by atoms with Crippen LogP contribution in [0.3, 0.4) is 0 Å². The predicted molar refractivity (Wildman–Crippen MR) is 99.6 cm³/mol. The predicted octanol–water partition coefficient (Wildman–Crippen LogP) is 4.04. The van der Waals surface area contributed by atoms with Crippen LogP contribution >= 0.6 is 11.8 Å². The maximum absolute atomic E-state index is 13.9. The topological polar surface area (TPSA) is 59.8 Å².